The number of anilines is 1. The van der Waals surface area contributed by atoms with E-state index in [1.807, 2.05) is 32.2 Å². The van der Waals surface area contributed by atoms with E-state index in [4.69, 9.17) is 0 Å². The van der Waals surface area contributed by atoms with Crippen molar-refractivity contribution in [1.82, 2.24) is 9.62 Å². The molecule has 5 nitrogen and oxygen atoms in total. The van der Waals surface area contributed by atoms with Gasteiger partial charge in [-0.1, -0.05) is 18.6 Å². The first-order chi connectivity index (χ1) is 9.53. The average molecular weight is 297 g/mol. The zero-order valence-corrected chi connectivity index (χ0v) is 12.9. The lowest BCUT2D eigenvalue weighted by molar-refractivity contribution is 0.270. The Morgan fingerprint density at radius 3 is 2.85 bits per heavy atom. The van der Waals surface area contributed by atoms with Gasteiger partial charge in [0.2, 0.25) is 0 Å². The van der Waals surface area contributed by atoms with E-state index in [-0.39, 0.29) is 6.04 Å². The van der Waals surface area contributed by atoms with E-state index in [1.54, 1.807) is 10.4 Å². The molecule has 112 valence electrons. The zero-order chi connectivity index (χ0) is 14.6. The molecule has 0 spiro atoms. The van der Waals surface area contributed by atoms with Crippen molar-refractivity contribution < 1.29 is 8.42 Å². The van der Waals surface area contributed by atoms with Crippen LogP contribution in [0.4, 0.5) is 5.69 Å². The van der Waals surface area contributed by atoms with Crippen LogP contribution in [-0.4, -0.2) is 32.4 Å². The van der Waals surface area contributed by atoms with E-state index in [0.717, 1.165) is 31.4 Å². The van der Waals surface area contributed by atoms with Crippen LogP contribution in [0.5, 0.6) is 0 Å². The van der Waals surface area contributed by atoms with Crippen molar-refractivity contribution in [3.63, 3.8) is 0 Å². The Kier molecular flexibility index (Phi) is 5.01. The Morgan fingerprint density at radius 1 is 1.35 bits per heavy atom. The van der Waals surface area contributed by atoms with Crippen LogP contribution in [0.1, 0.15) is 31.7 Å². The molecule has 0 aliphatic carbocycles. The summed E-state index contributed by atoms with van der Waals surface area (Å²) in [7, 11) is -1.59. The molecular weight excluding hydrogens is 274 g/mol. The molecule has 0 aromatic heterocycles. The SMILES string of the molecule is CNCc1cccc(NS(=O)(=O)N2CCCCC2C)c1. The number of benzene rings is 1. The molecule has 6 heteroatoms. The zero-order valence-electron chi connectivity index (χ0n) is 12.1. The highest BCUT2D eigenvalue weighted by Crippen LogP contribution is 2.22. The van der Waals surface area contributed by atoms with E-state index in [1.165, 1.54) is 0 Å². The molecule has 1 unspecified atom stereocenters. The van der Waals surface area contributed by atoms with Crippen molar-refractivity contribution >= 4 is 15.9 Å². The molecule has 1 aromatic carbocycles. The Hall–Kier alpha value is -1.11. The highest BCUT2D eigenvalue weighted by atomic mass is 32.2. The van der Waals surface area contributed by atoms with Crippen LogP contribution in [0.2, 0.25) is 0 Å². The van der Waals surface area contributed by atoms with E-state index in [2.05, 4.69) is 10.0 Å². The lowest BCUT2D eigenvalue weighted by Gasteiger charge is -2.32. The summed E-state index contributed by atoms with van der Waals surface area (Å²) in [5.41, 5.74) is 1.68. The second-order valence-corrected chi connectivity index (χ2v) is 6.92. The van der Waals surface area contributed by atoms with Crippen molar-refractivity contribution in [3.8, 4) is 0 Å². The van der Waals surface area contributed by atoms with Crippen molar-refractivity contribution in [2.75, 3.05) is 18.3 Å². The molecule has 0 amide bonds. The van der Waals surface area contributed by atoms with Crippen LogP contribution in [-0.2, 0) is 16.8 Å². The quantitative estimate of drug-likeness (QED) is 0.873. The third-order valence-corrected chi connectivity index (χ3v) is 5.26. The molecular formula is C14H23N3O2S. The summed E-state index contributed by atoms with van der Waals surface area (Å²) in [6.45, 7) is 3.29. The fraction of sp³-hybridized carbons (Fsp3) is 0.571. The Labute approximate surface area is 121 Å². The molecule has 0 saturated carbocycles. The van der Waals surface area contributed by atoms with Crippen LogP contribution >= 0.6 is 0 Å². The fourth-order valence-corrected chi connectivity index (χ4v) is 4.08. The van der Waals surface area contributed by atoms with Crippen LogP contribution in [0.3, 0.4) is 0 Å². The van der Waals surface area contributed by atoms with Gasteiger partial charge in [-0.25, -0.2) is 0 Å². The predicted octanol–water partition coefficient (Wildman–Crippen LogP) is 1.94. The van der Waals surface area contributed by atoms with Crippen molar-refractivity contribution in [2.45, 2.75) is 38.8 Å². The van der Waals surface area contributed by atoms with Crippen LogP contribution in [0.15, 0.2) is 24.3 Å². The molecule has 1 aliphatic heterocycles. The molecule has 1 saturated heterocycles. The maximum Gasteiger partial charge on any atom is 0.301 e. The molecule has 2 N–H and O–H groups in total. The molecule has 1 aliphatic rings. The van der Waals surface area contributed by atoms with Crippen LogP contribution in [0.25, 0.3) is 0 Å². The Balaban J connectivity index is 2.13. The Bertz CT molecular complexity index is 545. The van der Waals surface area contributed by atoms with Gasteiger partial charge >= 0.3 is 10.2 Å². The minimum absolute atomic E-state index is 0.0711. The van der Waals surface area contributed by atoms with Crippen molar-refractivity contribution in [3.05, 3.63) is 29.8 Å². The maximum atomic E-state index is 12.4. The molecule has 20 heavy (non-hydrogen) atoms. The summed E-state index contributed by atoms with van der Waals surface area (Å²) in [4.78, 5) is 0. The summed E-state index contributed by atoms with van der Waals surface area (Å²) >= 11 is 0. The molecule has 2 rings (SSSR count). The van der Waals surface area contributed by atoms with Gasteiger partial charge in [-0.05, 0) is 44.5 Å². The largest absolute Gasteiger partial charge is 0.316 e. The van der Waals surface area contributed by atoms with Gasteiger partial charge in [-0.3, -0.25) is 4.72 Å². The normalized spacial score (nSPS) is 20.8. The summed E-state index contributed by atoms with van der Waals surface area (Å²) in [5.74, 6) is 0. The monoisotopic (exact) mass is 297 g/mol. The van der Waals surface area contributed by atoms with Gasteiger partial charge in [0, 0.05) is 19.1 Å². The average Bonchev–Trinajstić information content (AvgIpc) is 2.39. The predicted molar refractivity (Wildman–Crippen MR) is 81.8 cm³/mol. The molecule has 0 bridgehead atoms. The van der Waals surface area contributed by atoms with Crippen LogP contribution < -0.4 is 10.0 Å². The first-order valence-corrected chi connectivity index (χ1v) is 8.50. The number of rotatable bonds is 5. The third kappa shape index (κ3) is 3.71. The summed E-state index contributed by atoms with van der Waals surface area (Å²) < 4.78 is 29.1. The maximum absolute atomic E-state index is 12.4. The molecule has 1 heterocycles. The lowest BCUT2D eigenvalue weighted by atomic mass is 10.1. The second-order valence-electron chi connectivity index (χ2n) is 5.29. The minimum atomic E-state index is -3.45. The first-order valence-electron chi connectivity index (χ1n) is 7.06. The summed E-state index contributed by atoms with van der Waals surface area (Å²) in [5, 5.41) is 3.06. The number of piperidine rings is 1. The van der Waals surface area contributed by atoms with E-state index >= 15 is 0 Å². The van der Waals surface area contributed by atoms with Gasteiger partial charge in [0.1, 0.15) is 0 Å². The lowest BCUT2D eigenvalue weighted by Crippen LogP contribution is -2.44. The highest BCUT2D eigenvalue weighted by molar-refractivity contribution is 7.90. The van der Waals surface area contributed by atoms with Gasteiger partial charge in [0.05, 0.1) is 5.69 Å². The van der Waals surface area contributed by atoms with E-state index in [9.17, 15) is 8.42 Å². The second kappa shape index (κ2) is 6.56. The number of nitrogens with one attached hydrogen (secondary N) is 2. The summed E-state index contributed by atoms with van der Waals surface area (Å²) in [6.07, 6.45) is 2.97. The van der Waals surface area contributed by atoms with Crippen molar-refractivity contribution in [1.29, 1.82) is 0 Å². The van der Waals surface area contributed by atoms with Gasteiger partial charge in [0.25, 0.3) is 0 Å². The third-order valence-electron chi connectivity index (χ3n) is 3.61. The molecule has 0 radical (unpaired) electrons. The number of hydrogen-bond acceptors (Lipinski definition) is 3. The van der Waals surface area contributed by atoms with Gasteiger partial charge in [-0.2, -0.15) is 12.7 Å². The molecule has 1 fully saturated rings. The van der Waals surface area contributed by atoms with E-state index in [0.29, 0.717) is 12.2 Å². The van der Waals surface area contributed by atoms with E-state index < -0.39 is 10.2 Å². The highest BCUT2D eigenvalue weighted by Gasteiger charge is 2.29. The fourth-order valence-electron chi connectivity index (χ4n) is 2.59. The van der Waals surface area contributed by atoms with Gasteiger partial charge in [0.15, 0.2) is 0 Å². The molecule has 1 atom stereocenters. The summed E-state index contributed by atoms with van der Waals surface area (Å²) in [6, 6.07) is 7.55. The van der Waals surface area contributed by atoms with Gasteiger partial charge < -0.3 is 5.32 Å². The first kappa shape index (κ1) is 15.3. The van der Waals surface area contributed by atoms with Crippen molar-refractivity contribution in [2.24, 2.45) is 0 Å². The Morgan fingerprint density at radius 2 is 2.15 bits per heavy atom. The van der Waals surface area contributed by atoms with Gasteiger partial charge in [-0.15, -0.1) is 0 Å². The number of nitrogens with zero attached hydrogens (tertiary/aromatic N) is 1. The van der Waals surface area contributed by atoms with Crippen LogP contribution in [0, 0.1) is 0 Å². The number of hydrogen-bond donors (Lipinski definition) is 2. The smallest absolute Gasteiger partial charge is 0.301 e. The minimum Gasteiger partial charge on any atom is -0.316 e. The molecule has 1 aromatic rings. The topological polar surface area (TPSA) is 61.4 Å². The standard InChI is InChI=1S/C14H23N3O2S/c1-12-6-3-4-9-17(12)20(18,19)16-14-8-5-7-13(10-14)11-15-2/h5,7-8,10,12,15-16H,3-4,6,9,11H2,1-2H3.